The van der Waals surface area contributed by atoms with E-state index in [1.165, 1.54) is 0 Å². The molecule has 0 spiro atoms. The first-order chi connectivity index (χ1) is 10.2. The van der Waals surface area contributed by atoms with Gasteiger partial charge in [-0.25, -0.2) is 4.99 Å². The second-order valence-corrected chi connectivity index (χ2v) is 4.45. The fourth-order valence-electron chi connectivity index (χ4n) is 1.92. The number of rotatable bonds is 6. The maximum absolute atomic E-state index is 5.92. The lowest BCUT2D eigenvalue weighted by atomic mass is 10.2. The minimum absolute atomic E-state index is 0. The molecule has 8 heteroatoms. The number of halogens is 1. The van der Waals surface area contributed by atoms with Crippen molar-refractivity contribution in [3.63, 3.8) is 0 Å². The van der Waals surface area contributed by atoms with Gasteiger partial charge in [-0.1, -0.05) is 18.2 Å². The van der Waals surface area contributed by atoms with Gasteiger partial charge in [0, 0.05) is 24.9 Å². The van der Waals surface area contributed by atoms with Gasteiger partial charge in [0.25, 0.3) is 0 Å². The zero-order valence-corrected chi connectivity index (χ0v) is 15.0. The molecule has 1 heterocycles. The van der Waals surface area contributed by atoms with Crippen LogP contribution < -0.4 is 11.1 Å². The number of ether oxygens (including phenoxy) is 1. The van der Waals surface area contributed by atoms with E-state index in [9.17, 15) is 0 Å². The second-order valence-electron chi connectivity index (χ2n) is 4.45. The summed E-state index contributed by atoms with van der Waals surface area (Å²) in [4.78, 5) is 4.29. The van der Waals surface area contributed by atoms with Crippen molar-refractivity contribution >= 4 is 35.6 Å². The molecule has 0 saturated carbocycles. The predicted molar refractivity (Wildman–Crippen MR) is 97.2 cm³/mol. The van der Waals surface area contributed by atoms with Crippen molar-refractivity contribution in [2.45, 2.75) is 26.6 Å². The van der Waals surface area contributed by atoms with Gasteiger partial charge in [-0.15, -0.1) is 34.2 Å². The fraction of sp³-hybridized carbons (Fsp3) is 0.357. The summed E-state index contributed by atoms with van der Waals surface area (Å²) in [6, 6.07) is 7.80. The minimum atomic E-state index is 0. The number of benzene rings is 1. The minimum Gasteiger partial charge on any atom is -0.380 e. The van der Waals surface area contributed by atoms with Gasteiger partial charge in [0.05, 0.1) is 6.61 Å². The monoisotopic (exact) mass is 416 g/mol. The highest BCUT2D eigenvalue weighted by Gasteiger charge is 2.04. The Bertz CT molecular complexity index is 613. The molecule has 2 aromatic rings. The standard InChI is InChI=1S/C14H20N6O.HI/c1-3-20-10-17-19-13(20)8-16-14(15)18-12-7-5-4-6-11(12)9-21-2;/h4-7,10H,3,8-9H2,1-2H3,(H3,15,16,18);1H. The van der Waals surface area contributed by atoms with Gasteiger partial charge in [-0.3, -0.25) is 0 Å². The predicted octanol–water partition coefficient (Wildman–Crippen LogP) is 1.99. The van der Waals surface area contributed by atoms with Crippen LogP contribution in [0.25, 0.3) is 0 Å². The molecule has 3 N–H and O–H groups in total. The van der Waals surface area contributed by atoms with Crippen LogP contribution >= 0.6 is 24.0 Å². The van der Waals surface area contributed by atoms with E-state index in [4.69, 9.17) is 10.5 Å². The number of nitrogens with one attached hydrogen (secondary N) is 1. The van der Waals surface area contributed by atoms with Crippen molar-refractivity contribution in [3.8, 4) is 0 Å². The smallest absolute Gasteiger partial charge is 0.193 e. The van der Waals surface area contributed by atoms with Crippen LogP contribution in [0, 0.1) is 0 Å². The summed E-state index contributed by atoms with van der Waals surface area (Å²) in [6.07, 6.45) is 1.68. The van der Waals surface area contributed by atoms with Gasteiger partial charge in [-0.05, 0) is 13.0 Å². The number of aliphatic imine (C=N–C) groups is 1. The SMILES string of the molecule is CCn1cnnc1CN=C(N)Nc1ccccc1COC.I. The molecule has 0 saturated heterocycles. The number of anilines is 1. The van der Waals surface area contributed by atoms with Gasteiger partial charge in [0.1, 0.15) is 12.9 Å². The van der Waals surface area contributed by atoms with Gasteiger partial charge in [0.2, 0.25) is 0 Å². The van der Waals surface area contributed by atoms with Gasteiger partial charge in [-0.2, -0.15) is 0 Å². The van der Waals surface area contributed by atoms with Gasteiger partial charge in [0.15, 0.2) is 11.8 Å². The van der Waals surface area contributed by atoms with Crippen molar-refractivity contribution in [1.82, 2.24) is 14.8 Å². The third-order valence-corrected chi connectivity index (χ3v) is 3.01. The summed E-state index contributed by atoms with van der Waals surface area (Å²) in [5.74, 6) is 1.12. The molecule has 0 radical (unpaired) electrons. The number of hydrogen-bond acceptors (Lipinski definition) is 4. The third kappa shape index (κ3) is 4.95. The van der Waals surface area contributed by atoms with Crippen molar-refractivity contribution in [2.75, 3.05) is 12.4 Å². The average molecular weight is 416 g/mol. The topological polar surface area (TPSA) is 90.4 Å². The molecule has 0 aliphatic rings. The summed E-state index contributed by atoms with van der Waals surface area (Å²) in [5, 5.41) is 11.0. The molecule has 0 bridgehead atoms. The largest absolute Gasteiger partial charge is 0.380 e. The highest BCUT2D eigenvalue weighted by atomic mass is 127. The second kappa shape index (κ2) is 9.36. The van der Waals surface area contributed by atoms with E-state index >= 15 is 0 Å². The number of aromatic nitrogens is 3. The summed E-state index contributed by atoms with van der Waals surface area (Å²) < 4.78 is 7.08. The van der Waals surface area contributed by atoms with Crippen LogP contribution in [0.4, 0.5) is 5.69 Å². The van der Waals surface area contributed by atoms with E-state index in [0.29, 0.717) is 19.1 Å². The van der Waals surface area contributed by atoms with Crippen LogP contribution in [-0.2, 0) is 24.4 Å². The average Bonchev–Trinajstić information content (AvgIpc) is 2.95. The Morgan fingerprint density at radius 3 is 2.91 bits per heavy atom. The highest BCUT2D eigenvalue weighted by Crippen LogP contribution is 2.15. The number of methoxy groups -OCH3 is 1. The van der Waals surface area contributed by atoms with Gasteiger partial charge >= 0.3 is 0 Å². The zero-order chi connectivity index (χ0) is 15.1. The number of aryl methyl sites for hydroxylation is 1. The lowest BCUT2D eigenvalue weighted by Crippen LogP contribution is -2.23. The molecule has 0 unspecified atom stereocenters. The van der Waals surface area contributed by atoms with Crippen molar-refractivity contribution in [2.24, 2.45) is 10.7 Å². The van der Waals surface area contributed by atoms with Crippen LogP contribution in [0.1, 0.15) is 18.3 Å². The number of hydrogen-bond donors (Lipinski definition) is 2. The summed E-state index contributed by atoms with van der Waals surface area (Å²) in [5.41, 5.74) is 7.83. The van der Waals surface area contributed by atoms with E-state index in [0.717, 1.165) is 23.6 Å². The van der Waals surface area contributed by atoms with E-state index in [1.807, 2.05) is 35.8 Å². The van der Waals surface area contributed by atoms with Crippen molar-refractivity contribution < 1.29 is 4.74 Å². The normalized spacial score (nSPS) is 11.1. The van der Waals surface area contributed by atoms with Crippen LogP contribution in [-0.4, -0.2) is 27.8 Å². The number of nitrogens with zero attached hydrogens (tertiary/aromatic N) is 4. The number of nitrogens with two attached hydrogens (primary N) is 1. The molecule has 0 aliphatic carbocycles. The zero-order valence-electron chi connectivity index (χ0n) is 12.7. The van der Waals surface area contributed by atoms with Crippen molar-refractivity contribution in [3.05, 3.63) is 42.0 Å². The molecular weight excluding hydrogens is 395 g/mol. The van der Waals surface area contributed by atoms with Crippen molar-refractivity contribution in [1.29, 1.82) is 0 Å². The van der Waals surface area contributed by atoms with E-state index in [2.05, 4.69) is 20.5 Å². The molecule has 7 nitrogen and oxygen atoms in total. The van der Waals surface area contributed by atoms with Gasteiger partial charge < -0.3 is 20.4 Å². The molecule has 120 valence electrons. The van der Waals surface area contributed by atoms with Crippen LogP contribution in [0.2, 0.25) is 0 Å². The first-order valence-electron chi connectivity index (χ1n) is 6.75. The number of guanidine groups is 1. The first-order valence-corrected chi connectivity index (χ1v) is 6.75. The lowest BCUT2D eigenvalue weighted by molar-refractivity contribution is 0.185. The Kier molecular flexibility index (Phi) is 7.82. The Morgan fingerprint density at radius 1 is 1.41 bits per heavy atom. The fourth-order valence-corrected chi connectivity index (χ4v) is 1.92. The Morgan fingerprint density at radius 2 is 2.18 bits per heavy atom. The Labute approximate surface area is 147 Å². The van der Waals surface area contributed by atoms with Crippen LogP contribution in [0.3, 0.4) is 0 Å². The van der Waals surface area contributed by atoms with E-state index in [1.54, 1.807) is 13.4 Å². The quantitative estimate of drug-likeness (QED) is 0.427. The summed E-state index contributed by atoms with van der Waals surface area (Å²) in [7, 11) is 1.66. The lowest BCUT2D eigenvalue weighted by Gasteiger charge is -2.10. The van der Waals surface area contributed by atoms with E-state index in [-0.39, 0.29) is 24.0 Å². The molecule has 22 heavy (non-hydrogen) atoms. The summed E-state index contributed by atoms with van der Waals surface area (Å²) >= 11 is 0. The molecule has 0 amide bonds. The molecule has 0 atom stereocenters. The Balaban J connectivity index is 0.00000242. The third-order valence-electron chi connectivity index (χ3n) is 3.01. The van der Waals surface area contributed by atoms with Crippen LogP contribution in [0.5, 0.6) is 0 Å². The highest BCUT2D eigenvalue weighted by molar-refractivity contribution is 14.0. The molecule has 1 aromatic carbocycles. The molecular formula is C14H21IN6O. The molecule has 0 aliphatic heterocycles. The van der Waals surface area contributed by atoms with Crippen LogP contribution in [0.15, 0.2) is 35.6 Å². The Hall–Kier alpha value is -1.68. The van der Waals surface area contributed by atoms with E-state index < -0.39 is 0 Å². The molecule has 0 fully saturated rings. The maximum atomic E-state index is 5.92. The maximum Gasteiger partial charge on any atom is 0.193 e. The number of para-hydroxylation sites is 1. The summed E-state index contributed by atoms with van der Waals surface area (Å²) in [6.45, 7) is 3.74. The molecule has 2 rings (SSSR count). The molecule has 1 aromatic heterocycles. The first kappa shape index (κ1) is 18.4.